The van der Waals surface area contributed by atoms with Crippen molar-refractivity contribution in [3.63, 3.8) is 0 Å². The molecule has 0 N–H and O–H groups in total. The fourth-order valence-corrected chi connectivity index (χ4v) is 6.53. The van der Waals surface area contributed by atoms with Gasteiger partial charge in [-0.25, -0.2) is 9.97 Å². The Kier molecular flexibility index (Phi) is 6.46. The molecule has 47 heavy (non-hydrogen) atoms. The number of hydrogen-bond acceptors (Lipinski definition) is 3. The van der Waals surface area contributed by atoms with Gasteiger partial charge in [-0.2, -0.15) is 0 Å². The average molecular weight is 601 g/mol. The topological polar surface area (TPSA) is 38.9 Å². The van der Waals surface area contributed by atoms with Crippen molar-refractivity contribution in [2.24, 2.45) is 0 Å². The largest absolute Gasteiger partial charge is 0.456 e. The summed E-state index contributed by atoms with van der Waals surface area (Å²) in [5.41, 5.74) is 11.0. The van der Waals surface area contributed by atoms with Crippen molar-refractivity contribution in [3.05, 3.63) is 170 Å². The van der Waals surface area contributed by atoms with Crippen molar-refractivity contribution in [2.45, 2.75) is 0 Å². The van der Waals surface area contributed by atoms with Gasteiger partial charge in [-0.3, -0.25) is 0 Å². The summed E-state index contributed by atoms with van der Waals surface area (Å²) >= 11 is 0. The van der Waals surface area contributed by atoms with Gasteiger partial charge in [0.2, 0.25) is 0 Å². The molecule has 0 spiro atoms. The van der Waals surface area contributed by atoms with Crippen LogP contribution in [0.3, 0.4) is 0 Å². The zero-order valence-electron chi connectivity index (χ0n) is 25.5. The monoisotopic (exact) mass is 600 g/mol. The molecule has 0 atom stereocenters. The molecule has 0 saturated heterocycles. The summed E-state index contributed by atoms with van der Waals surface area (Å²) in [6.45, 7) is 0. The van der Waals surface area contributed by atoms with Crippen LogP contribution in [0.25, 0.3) is 88.9 Å². The molecule has 7 aromatic carbocycles. The second-order valence-corrected chi connectivity index (χ2v) is 11.8. The average Bonchev–Trinajstić information content (AvgIpc) is 3.51. The molecular weight excluding hydrogens is 572 g/mol. The normalized spacial score (nSPS) is 11.4. The van der Waals surface area contributed by atoms with Crippen LogP contribution in [0.15, 0.2) is 174 Å². The van der Waals surface area contributed by atoms with Gasteiger partial charge in [-0.05, 0) is 69.4 Å². The molecule has 0 fully saturated rings. The molecule has 0 aliphatic rings. The maximum Gasteiger partial charge on any atom is 0.160 e. The third kappa shape index (κ3) is 4.95. The van der Waals surface area contributed by atoms with Gasteiger partial charge in [0, 0.05) is 27.5 Å². The highest BCUT2D eigenvalue weighted by molar-refractivity contribution is 6.16. The molecule has 0 saturated carbocycles. The van der Waals surface area contributed by atoms with Crippen LogP contribution in [0.5, 0.6) is 0 Å². The minimum atomic E-state index is 0.686. The van der Waals surface area contributed by atoms with Crippen LogP contribution in [-0.4, -0.2) is 9.97 Å². The Morgan fingerprint density at radius 2 is 0.936 bits per heavy atom. The molecular formula is C44H28N2O. The number of benzene rings is 7. The molecule has 0 aliphatic carbocycles. The second-order valence-electron chi connectivity index (χ2n) is 11.8. The van der Waals surface area contributed by atoms with Crippen molar-refractivity contribution in [3.8, 4) is 56.2 Å². The van der Waals surface area contributed by atoms with Gasteiger partial charge in [0.15, 0.2) is 5.82 Å². The number of aromatic nitrogens is 2. The van der Waals surface area contributed by atoms with E-state index in [1.165, 1.54) is 16.5 Å². The van der Waals surface area contributed by atoms with E-state index >= 15 is 0 Å². The highest BCUT2D eigenvalue weighted by atomic mass is 16.3. The van der Waals surface area contributed by atoms with Crippen molar-refractivity contribution < 1.29 is 4.42 Å². The quantitative estimate of drug-likeness (QED) is 0.197. The summed E-state index contributed by atoms with van der Waals surface area (Å²) < 4.78 is 6.69. The van der Waals surface area contributed by atoms with Crippen LogP contribution < -0.4 is 0 Å². The summed E-state index contributed by atoms with van der Waals surface area (Å²) in [5.74, 6) is 0.686. The molecule has 0 bridgehead atoms. The first kappa shape index (κ1) is 27.0. The molecule has 3 nitrogen and oxygen atoms in total. The highest BCUT2D eigenvalue weighted by Gasteiger charge is 2.18. The fourth-order valence-electron chi connectivity index (χ4n) is 6.53. The summed E-state index contributed by atoms with van der Waals surface area (Å²) in [6.07, 6.45) is 0. The van der Waals surface area contributed by atoms with Gasteiger partial charge in [0.1, 0.15) is 11.2 Å². The molecule has 220 valence electrons. The van der Waals surface area contributed by atoms with Gasteiger partial charge in [-0.15, -0.1) is 0 Å². The Morgan fingerprint density at radius 1 is 0.362 bits per heavy atom. The van der Waals surface area contributed by atoms with Crippen LogP contribution in [0, 0.1) is 0 Å². The van der Waals surface area contributed by atoms with Gasteiger partial charge in [0.05, 0.1) is 11.4 Å². The lowest BCUT2D eigenvalue weighted by atomic mass is 9.93. The van der Waals surface area contributed by atoms with Gasteiger partial charge in [0.25, 0.3) is 0 Å². The Hall–Kier alpha value is -6.32. The molecule has 2 heterocycles. The summed E-state index contributed by atoms with van der Waals surface area (Å²) in [4.78, 5) is 10.2. The van der Waals surface area contributed by atoms with E-state index in [0.717, 1.165) is 66.5 Å². The van der Waals surface area contributed by atoms with E-state index in [1.807, 2.05) is 36.4 Å². The van der Waals surface area contributed by atoms with Gasteiger partial charge in [-0.1, -0.05) is 133 Å². The minimum absolute atomic E-state index is 0.686. The lowest BCUT2D eigenvalue weighted by molar-refractivity contribution is 0.669. The van der Waals surface area contributed by atoms with E-state index < -0.39 is 0 Å². The fraction of sp³-hybridized carbons (Fsp3) is 0. The van der Waals surface area contributed by atoms with Crippen molar-refractivity contribution in [2.75, 3.05) is 0 Å². The second kappa shape index (κ2) is 11.2. The third-order valence-corrected chi connectivity index (χ3v) is 8.84. The molecule has 0 aliphatic heterocycles. The SMILES string of the molecule is c1ccc(-c2cccc(-c3cc(-c4cc(-c5ccccc5)nc(-c5ccccc5)n4)cc4oc5cc6ccccc6cc5c34)c2)cc1. The maximum atomic E-state index is 6.69. The Labute approximate surface area is 272 Å². The number of rotatable bonds is 5. The first-order valence-corrected chi connectivity index (χ1v) is 15.8. The first-order valence-electron chi connectivity index (χ1n) is 15.8. The summed E-state index contributed by atoms with van der Waals surface area (Å²) in [7, 11) is 0. The van der Waals surface area contributed by atoms with E-state index in [1.54, 1.807) is 0 Å². The van der Waals surface area contributed by atoms with Crippen molar-refractivity contribution in [1.82, 2.24) is 9.97 Å². The van der Waals surface area contributed by atoms with Crippen LogP contribution in [0.1, 0.15) is 0 Å². The molecule has 2 aromatic heterocycles. The Morgan fingerprint density at radius 3 is 1.66 bits per heavy atom. The molecule has 0 unspecified atom stereocenters. The lowest BCUT2D eigenvalue weighted by Gasteiger charge is -2.12. The molecule has 3 heteroatoms. The molecule has 0 amide bonds. The predicted molar refractivity (Wildman–Crippen MR) is 194 cm³/mol. The third-order valence-electron chi connectivity index (χ3n) is 8.84. The van der Waals surface area contributed by atoms with Gasteiger partial charge < -0.3 is 4.42 Å². The molecule has 0 radical (unpaired) electrons. The minimum Gasteiger partial charge on any atom is -0.456 e. The van der Waals surface area contributed by atoms with Crippen LogP contribution in [-0.2, 0) is 0 Å². The Bertz CT molecular complexity index is 2500. The summed E-state index contributed by atoms with van der Waals surface area (Å²) in [6, 6.07) is 59.1. The predicted octanol–water partition coefficient (Wildman–Crippen LogP) is 11.9. The van der Waals surface area contributed by atoms with Gasteiger partial charge >= 0.3 is 0 Å². The standard InChI is InChI=1S/C44H28N2O/c1-4-13-29(14-5-1)32-21-12-22-35(23-32)37-25-36(27-42-43(37)38-24-33-19-10-11-20-34(33)26-41(38)47-42)40-28-39(30-15-6-2-7-16-30)45-44(46-40)31-17-8-3-9-18-31/h1-28H. The van der Waals surface area contributed by atoms with Crippen LogP contribution in [0.4, 0.5) is 0 Å². The van der Waals surface area contributed by atoms with E-state index in [0.29, 0.717) is 5.82 Å². The zero-order chi connectivity index (χ0) is 31.2. The number of fused-ring (bicyclic) bond motifs is 4. The van der Waals surface area contributed by atoms with Crippen LogP contribution >= 0.6 is 0 Å². The van der Waals surface area contributed by atoms with E-state index in [-0.39, 0.29) is 0 Å². The van der Waals surface area contributed by atoms with E-state index in [4.69, 9.17) is 14.4 Å². The zero-order valence-corrected chi connectivity index (χ0v) is 25.5. The maximum absolute atomic E-state index is 6.69. The number of nitrogens with zero attached hydrogens (tertiary/aromatic N) is 2. The Balaban J connectivity index is 1.33. The molecule has 9 aromatic rings. The summed E-state index contributed by atoms with van der Waals surface area (Å²) in [5, 5.41) is 4.54. The lowest BCUT2D eigenvalue weighted by Crippen LogP contribution is -1.96. The molecule has 9 rings (SSSR count). The van der Waals surface area contributed by atoms with E-state index in [9.17, 15) is 0 Å². The van der Waals surface area contributed by atoms with E-state index in [2.05, 4.69) is 133 Å². The number of furan rings is 1. The van der Waals surface area contributed by atoms with Crippen molar-refractivity contribution >= 4 is 32.7 Å². The smallest absolute Gasteiger partial charge is 0.160 e. The number of hydrogen-bond donors (Lipinski definition) is 0. The highest BCUT2D eigenvalue weighted by Crippen LogP contribution is 2.42. The first-order chi connectivity index (χ1) is 23.3. The van der Waals surface area contributed by atoms with Crippen molar-refractivity contribution in [1.29, 1.82) is 0 Å². The van der Waals surface area contributed by atoms with Crippen LogP contribution in [0.2, 0.25) is 0 Å².